The van der Waals surface area contributed by atoms with Crippen LogP contribution in [0.25, 0.3) is 0 Å². The van der Waals surface area contributed by atoms with Crippen molar-refractivity contribution in [2.45, 2.75) is 6.29 Å². The minimum absolute atomic E-state index is 0.0267. The molecule has 0 fully saturated rings. The molecule has 0 saturated heterocycles. The lowest BCUT2D eigenvalue weighted by atomic mass is 10.3. The van der Waals surface area contributed by atoms with E-state index in [0.717, 1.165) is 0 Å². The van der Waals surface area contributed by atoms with Crippen molar-refractivity contribution in [1.82, 2.24) is 0 Å². The molecule has 0 bridgehead atoms. The van der Waals surface area contributed by atoms with Crippen LogP contribution in [0.3, 0.4) is 0 Å². The second-order valence-electron chi connectivity index (χ2n) is 2.76. The average molecular weight is 235 g/mol. The quantitative estimate of drug-likeness (QED) is 0.733. The summed E-state index contributed by atoms with van der Waals surface area (Å²) in [6.45, 7) is 0.101. The van der Waals surface area contributed by atoms with E-state index < -0.39 is 12.1 Å². The Hall–Kier alpha value is -0.840. The third-order valence-electron chi connectivity index (χ3n) is 1.82. The molecule has 1 rings (SSSR count). The van der Waals surface area contributed by atoms with Crippen molar-refractivity contribution in [3.8, 4) is 5.75 Å². The largest absolute Gasteiger partial charge is 0.485 e. The molecule has 0 amide bonds. The lowest BCUT2D eigenvalue weighted by molar-refractivity contribution is -0.122. The molecule has 15 heavy (non-hydrogen) atoms. The second-order valence-corrected chi connectivity index (χ2v) is 3.17. The monoisotopic (exact) mass is 234 g/mol. The van der Waals surface area contributed by atoms with E-state index in [1.807, 2.05) is 0 Å². The summed E-state index contributed by atoms with van der Waals surface area (Å²) >= 11 is 5.58. The van der Waals surface area contributed by atoms with E-state index in [1.165, 1.54) is 26.4 Å². The topological polar surface area (TPSA) is 27.7 Å². The van der Waals surface area contributed by atoms with E-state index in [9.17, 15) is 4.39 Å². The molecule has 0 aliphatic rings. The van der Waals surface area contributed by atoms with Crippen molar-refractivity contribution >= 4 is 11.6 Å². The maximum Gasteiger partial charge on any atom is 0.191 e. The Morgan fingerprint density at radius 2 is 2.00 bits per heavy atom. The summed E-state index contributed by atoms with van der Waals surface area (Å²) in [6.07, 6.45) is -0.525. The Morgan fingerprint density at radius 3 is 2.60 bits per heavy atom. The van der Waals surface area contributed by atoms with E-state index in [2.05, 4.69) is 0 Å². The van der Waals surface area contributed by atoms with Gasteiger partial charge in [-0.2, -0.15) is 0 Å². The zero-order valence-electron chi connectivity index (χ0n) is 8.50. The molecular weight excluding hydrogens is 223 g/mol. The van der Waals surface area contributed by atoms with Gasteiger partial charge in [0.25, 0.3) is 0 Å². The second kappa shape index (κ2) is 5.90. The first-order valence-electron chi connectivity index (χ1n) is 4.31. The lowest BCUT2D eigenvalue weighted by Gasteiger charge is -2.14. The van der Waals surface area contributed by atoms with Gasteiger partial charge < -0.3 is 14.2 Å². The molecule has 1 aromatic rings. The lowest BCUT2D eigenvalue weighted by Crippen LogP contribution is -2.22. The highest BCUT2D eigenvalue weighted by Crippen LogP contribution is 2.24. The summed E-state index contributed by atoms with van der Waals surface area (Å²) < 4.78 is 28.3. The number of hydrogen-bond acceptors (Lipinski definition) is 3. The zero-order chi connectivity index (χ0) is 11.3. The van der Waals surface area contributed by atoms with Crippen molar-refractivity contribution in [2.24, 2.45) is 0 Å². The highest BCUT2D eigenvalue weighted by atomic mass is 35.5. The predicted molar refractivity (Wildman–Crippen MR) is 54.7 cm³/mol. The zero-order valence-corrected chi connectivity index (χ0v) is 9.25. The van der Waals surface area contributed by atoms with Gasteiger partial charge in [-0.05, 0) is 12.1 Å². The van der Waals surface area contributed by atoms with Crippen LogP contribution in [0.1, 0.15) is 0 Å². The first-order chi connectivity index (χ1) is 7.19. The number of hydrogen-bond donors (Lipinski definition) is 0. The number of halogens is 2. The van der Waals surface area contributed by atoms with Crippen molar-refractivity contribution in [2.75, 3.05) is 20.8 Å². The van der Waals surface area contributed by atoms with Gasteiger partial charge in [0.1, 0.15) is 6.61 Å². The van der Waals surface area contributed by atoms with Gasteiger partial charge in [-0.1, -0.05) is 17.7 Å². The van der Waals surface area contributed by atoms with E-state index in [0.29, 0.717) is 0 Å². The van der Waals surface area contributed by atoms with Crippen LogP contribution in [0, 0.1) is 5.82 Å². The van der Waals surface area contributed by atoms with Gasteiger partial charge in [-0.3, -0.25) is 0 Å². The maximum absolute atomic E-state index is 13.3. The summed E-state index contributed by atoms with van der Waals surface area (Å²) in [5.41, 5.74) is 0. The Balaban J connectivity index is 2.61. The SMILES string of the molecule is COC(COc1cccc(Cl)c1F)OC. The van der Waals surface area contributed by atoms with Gasteiger partial charge in [0, 0.05) is 14.2 Å². The maximum atomic E-state index is 13.3. The molecule has 5 heteroatoms. The summed E-state index contributed by atoms with van der Waals surface area (Å²) in [7, 11) is 2.96. The van der Waals surface area contributed by atoms with E-state index in [4.69, 9.17) is 25.8 Å². The fourth-order valence-electron chi connectivity index (χ4n) is 0.986. The molecule has 0 aliphatic carbocycles. The van der Waals surface area contributed by atoms with Crippen LogP contribution in [0.4, 0.5) is 4.39 Å². The number of rotatable bonds is 5. The Bertz CT molecular complexity index is 316. The normalized spacial score (nSPS) is 10.7. The van der Waals surface area contributed by atoms with Crippen LogP contribution >= 0.6 is 11.6 Å². The van der Waals surface area contributed by atoms with Crippen molar-refractivity contribution in [3.63, 3.8) is 0 Å². The first-order valence-corrected chi connectivity index (χ1v) is 4.69. The fourth-order valence-corrected chi connectivity index (χ4v) is 1.15. The molecule has 0 radical (unpaired) electrons. The Kier molecular flexibility index (Phi) is 4.81. The van der Waals surface area contributed by atoms with Gasteiger partial charge in [0.15, 0.2) is 17.9 Å². The predicted octanol–water partition coefficient (Wildman–Crippen LogP) is 2.48. The van der Waals surface area contributed by atoms with Crippen LogP contribution in [0.2, 0.25) is 5.02 Å². The summed E-state index contributed by atoms with van der Waals surface area (Å²) in [4.78, 5) is 0. The molecular formula is C10H12ClFO3. The smallest absolute Gasteiger partial charge is 0.191 e. The molecule has 0 unspecified atom stereocenters. The van der Waals surface area contributed by atoms with Gasteiger partial charge in [-0.15, -0.1) is 0 Å². The third-order valence-corrected chi connectivity index (χ3v) is 2.11. The highest BCUT2D eigenvalue weighted by Gasteiger charge is 2.10. The van der Waals surface area contributed by atoms with Crippen molar-refractivity contribution in [1.29, 1.82) is 0 Å². The molecule has 0 N–H and O–H groups in total. The Morgan fingerprint density at radius 1 is 1.33 bits per heavy atom. The Labute approximate surface area is 92.7 Å². The van der Waals surface area contributed by atoms with Crippen LogP contribution in [0.15, 0.2) is 18.2 Å². The van der Waals surface area contributed by atoms with Crippen LogP contribution in [-0.2, 0) is 9.47 Å². The molecule has 0 heterocycles. The summed E-state index contributed by atoms with van der Waals surface area (Å²) in [5.74, 6) is -0.494. The number of methoxy groups -OCH3 is 2. The molecule has 0 aromatic heterocycles. The van der Waals surface area contributed by atoms with Gasteiger partial charge in [0.05, 0.1) is 5.02 Å². The molecule has 3 nitrogen and oxygen atoms in total. The molecule has 0 saturated carbocycles. The molecule has 84 valence electrons. The molecule has 0 spiro atoms. The first kappa shape index (κ1) is 12.2. The molecule has 0 aliphatic heterocycles. The van der Waals surface area contributed by atoms with Crippen LogP contribution in [0.5, 0.6) is 5.75 Å². The summed E-state index contributed by atoms with van der Waals surface area (Å²) in [5, 5.41) is 0.0267. The highest BCUT2D eigenvalue weighted by molar-refractivity contribution is 6.30. The number of benzene rings is 1. The minimum atomic E-state index is -0.579. The van der Waals surface area contributed by atoms with E-state index >= 15 is 0 Å². The van der Waals surface area contributed by atoms with Gasteiger partial charge >= 0.3 is 0 Å². The standard InChI is InChI=1S/C10H12ClFO3/c1-13-9(14-2)6-15-8-5-3-4-7(11)10(8)12/h3-5,9H,6H2,1-2H3. The van der Waals surface area contributed by atoms with Gasteiger partial charge in [-0.25, -0.2) is 4.39 Å². The van der Waals surface area contributed by atoms with Gasteiger partial charge in [0.2, 0.25) is 0 Å². The van der Waals surface area contributed by atoms with E-state index in [-0.39, 0.29) is 17.4 Å². The van der Waals surface area contributed by atoms with Crippen molar-refractivity contribution < 1.29 is 18.6 Å². The van der Waals surface area contributed by atoms with Crippen molar-refractivity contribution in [3.05, 3.63) is 29.0 Å². The average Bonchev–Trinajstić information content (AvgIpc) is 2.25. The number of ether oxygens (including phenoxy) is 3. The minimum Gasteiger partial charge on any atom is -0.485 e. The van der Waals surface area contributed by atoms with Crippen LogP contribution < -0.4 is 4.74 Å². The molecule has 0 atom stereocenters. The van der Waals surface area contributed by atoms with E-state index in [1.54, 1.807) is 6.07 Å². The fraction of sp³-hybridized carbons (Fsp3) is 0.400. The third kappa shape index (κ3) is 3.34. The van der Waals surface area contributed by atoms with Crippen LogP contribution in [-0.4, -0.2) is 27.1 Å². The summed E-state index contributed by atoms with van der Waals surface area (Å²) in [6, 6.07) is 4.55. The molecule has 1 aromatic carbocycles.